The molecule has 0 unspecified atom stereocenters. The van der Waals surface area contributed by atoms with Crippen LogP contribution in [0, 0.1) is 12.3 Å². The molecule has 0 heterocycles. The summed E-state index contributed by atoms with van der Waals surface area (Å²) in [4.78, 5) is 22.8. The zero-order valence-corrected chi connectivity index (χ0v) is 10.6. The highest BCUT2D eigenvalue weighted by Crippen LogP contribution is 2.13. The van der Waals surface area contributed by atoms with Gasteiger partial charge in [0.15, 0.2) is 6.04 Å². The highest BCUT2D eigenvalue weighted by Gasteiger charge is 2.21. The number of benzene rings is 1. The predicted molar refractivity (Wildman–Crippen MR) is 72.3 cm³/mol. The van der Waals surface area contributed by atoms with Gasteiger partial charge in [0.25, 0.3) is 0 Å². The van der Waals surface area contributed by atoms with E-state index in [9.17, 15) is 9.59 Å². The number of aliphatic carboxylic acids is 1. The Balaban J connectivity index is 2.53. The van der Waals surface area contributed by atoms with Crippen LogP contribution in [0.4, 0.5) is 0 Å². The first-order valence-electron chi connectivity index (χ1n) is 6.15. The summed E-state index contributed by atoms with van der Waals surface area (Å²) in [6, 6.07) is 7.63. The van der Waals surface area contributed by atoms with Crippen LogP contribution in [0.15, 0.2) is 30.3 Å². The van der Waals surface area contributed by atoms with Crippen LogP contribution in [0.2, 0.25) is 0 Å². The Morgan fingerprint density at radius 2 is 1.95 bits per heavy atom. The van der Waals surface area contributed by atoms with E-state index in [1.165, 1.54) is 0 Å². The lowest BCUT2D eigenvalue weighted by atomic mass is 10.1. The standard InChI is InChI=1S/C15H17NO3/c1-2-3-4-8-11-13(17)16-14(15(18)19)12-9-6-5-7-10-12/h1,5-7,9-10,14H,3-4,8,11H2,(H,16,17)(H,18,19)/t14-/m1/s1. The lowest BCUT2D eigenvalue weighted by Crippen LogP contribution is -2.33. The van der Waals surface area contributed by atoms with E-state index < -0.39 is 12.0 Å². The summed E-state index contributed by atoms with van der Waals surface area (Å²) in [6.07, 6.45) is 7.47. The molecule has 0 radical (unpaired) electrons. The average Bonchev–Trinajstić information content (AvgIpc) is 2.41. The normalized spacial score (nSPS) is 11.3. The molecule has 2 N–H and O–H groups in total. The molecular weight excluding hydrogens is 242 g/mol. The first kappa shape index (κ1) is 14.8. The van der Waals surface area contributed by atoms with Crippen molar-refractivity contribution >= 4 is 11.9 Å². The predicted octanol–water partition coefficient (Wildman–Crippen LogP) is 2.12. The van der Waals surface area contributed by atoms with Crippen LogP contribution in [-0.4, -0.2) is 17.0 Å². The van der Waals surface area contributed by atoms with Crippen LogP contribution < -0.4 is 5.32 Å². The molecule has 4 nitrogen and oxygen atoms in total. The third kappa shape index (κ3) is 5.26. The van der Waals surface area contributed by atoms with Crippen LogP contribution in [0.5, 0.6) is 0 Å². The second kappa shape index (κ2) is 7.93. The molecule has 1 atom stereocenters. The van der Waals surface area contributed by atoms with E-state index >= 15 is 0 Å². The second-order valence-corrected chi connectivity index (χ2v) is 4.16. The van der Waals surface area contributed by atoms with Crippen molar-refractivity contribution in [2.75, 3.05) is 0 Å². The Kier molecular flexibility index (Phi) is 6.17. The van der Waals surface area contributed by atoms with Crippen molar-refractivity contribution in [3.8, 4) is 12.3 Å². The van der Waals surface area contributed by atoms with Crippen molar-refractivity contribution < 1.29 is 14.7 Å². The summed E-state index contributed by atoms with van der Waals surface area (Å²) in [5, 5.41) is 11.7. The minimum Gasteiger partial charge on any atom is -0.479 e. The van der Waals surface area contributed by atoms with E-state index in [1.807, 2.05) is 0 Å². The molecule has 0 spiro atoms. The number of nitrogens with one attached hydrogen (secondary N) is 1. The molecule has 0 aliphatic carbocycles. The summed E-state index contributed by atoms with van der Waals surface area (Å²) in [5.41, 5.74) is 0.562. The number of unbranched alkanes of at least 4 members (excludes halogenated alkanes) is 2. The van der Waals surface area contributed by atoms with Crippen molar-refractivity contribution in [3.05, 3.63) is 35.9 Å². The van der Waals surface area contributed by atoms with Gasteiger partial charge in [0.2, 0.25) is 5.91 Å². The SMILES string of the molecule is C#CCCCCC(=O)N[C@@H](C(=O)O)c1ccccc1. The monoisotopic (exact) mass is 259 g/mol. The van der Waals surface area contributed by atoms with Gasteiger partial charge >= 0.3 is 5.97 Å². The second-order valence-electron chi connectivity index (χ2n) is 4.16. The minimum absolute atomic E-state index is 0.270. The Morgan fingerprint density at radius 1 is 1.26 bits per heavy atom. The van der Waals surface area contributed by atoms with Gasteiger partial charge in [-0.15, -0.1) is 12.3 Å². The van der Waals surface area contributed by atoms with Gasteiger partial charge in [0, 0.05) is 12.8 Å². The molecule has 1 aromatic carbocycles. The van der Waals surface area contributed by atoms with Crippen molar-refractivity contribution in [1.29, 1.82) is 0 Å². The van der Waals surface area contributed by atoms with E-state index in [1.54, 1.807) is 30.3 Å². The number of rotatable bonds is 7. The summed E-state index contributed by atoms with van der Waals surface area (Å²) < 4.78 is 0. The van der Waals surface area contributed by atoms with E-state index in [0.717, 1.165) is 6.42 Å². The molecule has 0 aliphatic rings. The van der Waals surface area contributed by atoms with Gasteiger partial charge in [-0.25, -0.2) is 4.79 Å². The number of carboxylic acid groups (broad SMARTS) is 1. The summed E-state index contributed by atoms with van der Waals surface area (Å²) in [7, 11) is 0. The number of hydrogen-bond acceptors (Lipinski definition) is 2. The third-order valence-corrected chi connectivity index (χ3v) is 2.66. The fraction of sp³-hybridized carbons (Fsp3) is 0.333. The van der Waals surface area contributed by atoms with Crippen molar-refractivity contribution in [1.82, 2.24) is 5.32 Å². The maximum absolute atomic E-state index is 11.7. The molecule has 0 saturated heterocycles. The molecule has 0 saturated carbocycles. The first-order chi connectivity index (χ1) is 9.15. The largest absolute Gasteiger partial charge is 0.479 e. The maximum Gasteiger partial charge on any atom is 0.330 e. The lowest BCUT2D eigenvalue weighted by Gasteiger charge is -2.14. The van der Waals surface area contributed by atoms with Crippen molar-refractivity contribution in [2.45, 2.75) is 31.7 Å². The molecule has 0 aromatic heterocycles. The Morgan fingerprint density at radius 3 is 2.53 bits per heavy atom. The number of carbonyl (C=O) groups is 2. The van der Waals surface area contributed by atoms with Gasteiger partial charge in [-0.1, -0.05) is 30.3 Å². The fourth-order valence-electron chi connectivity index (χ4n) is 1.68. The Bertz CT molecular complexity index is 462. The molecule has 1 aromatic rings. The lowest BCUT2D eigenvalue weighted by molar-refractivity contribution is -0.142. The quantitative estimate of drug-likeness (QED) is 0.582. The fourth-order valence-corrected chi connectivity index (χ4v) is 1.68. The molecule has 19 heavy (non-hydrogen) atoms. The molecule has 100 valence electrons. The number of carbonyl (C=O) groups excluding carboxylic acids is 1. The maximum atomic E-state index is 11.7. The Labute approximate surface area is 112 Å². The van der Waals surface area contributed by atoms with Crippen LogP contribution in [0.25, 0.3) is 0 Å². The zero-order valence-electron chi connectivity index (χ0n) is 10.6. The summed E-state index contributed by atoms with van der Waals surface area (Å²) >= 11 is 0. The molecule has 1 rings (SSSR count). The van der Waals surface area contributed by atoms with Gasteiger partial charge in [0.05, 0.1) is 0 Å². The Hall–Kier alpha value is -2.28. The first-order valence-corrected chi connectivity index (χ1v) is 6.15. The topological polar surface area (TPSA) is 66.4 Å². The third-order valence-electron chi connectivity index (χ3n) is 2.66. The van der Waals surface area contributed by atoms with Crippen LogP contribution in [0.1, 0.15) is 37.3 Å². The van der Waals surface area contributed by atoms with Crippen LogP contribution in [-0.2, 0) is 9.59 Å². The van der Waals surface area contributed by atoms with Gasteiger partial charge in [-0.2, -0.15) is 0 Å². The molecule has 4 heteroatoms. The number of terminal acetylenes is 1. The minimum atomic E-state index is -1.07. The van der Waals surface area contributed by atoms with E-state index in [4.69, 9.17) is 11.5 Å². The van der Waals surface area contributed by atoms with Crippen LogP contribution >= 0.6 is 0 Å². The van der Waals surface area contributed by atoms with Gasteiger partial charge in [-0.3, -0.25) is 4.79 Å². The van der Waals surface area contributed by atoms with E-state index in [0.29, 0.717) is 18.4 Å². The zero-order chi connectivity index (χ0) is 14.1. The van der Waals surface area contributed by atoms with Crippen molar-refractivity contribution in [3.63, 3.8) is 0 Å². The van der Waals surface area contributed by atoms with E-state index in [2.05, 4.69) is 11.2 Å². The highest BCUT2D eigenvalue weighted by molar-refractivity contribution is 5.84. The molecule has 0 bridgehead atoms. The van der Waals surface area contributed by atoms with Gasteiger partial charge in [-0.05, 0) is 18.4 Å². The molecular formula is C15H17NO3. The van der Waals surface area contributed by atoms with E-state index in [-0.39, 0.29) is 12.3 Å². The molecule has 0 fully saturated rings. The highest BCUT2D eigenvalue weighted by atomic mass is 16.4. The summed E-state index contributed by atoms with van der Waals surface area (Å²) in [6.45, 7) is 0. The summed E-state index contributed by atoms with van der Waals surface area (Å²) in [5.74, 6) is 1.16. The van der Waals surface area contributed by atoms with Crippen molar-refractivity contribution in [2.24, 2.45) is 0 Å². The smallest absolute Gasteiger partial charge is 0.330 e. The number of amides is 1. The van der Waals surface area contributed by atoms with Crippen LogP contribution in [0.3, 0.4) is 0 Å². The molecule has 1 amide bonds. The average molecular weight is 259 g/mol. The number of carboxylic acids is 1. The number of hydrogen-bond donors (Lipinski definition) is 2. The molecule has 0 aliphatic heterocycles. The van der Waals surface area contributed by atoms with Gasteiger partial charge in [0.1, 0.15) is 0 Å². The van der Waals surface area contributed by atoms with Gasteiger partial charge < -0.3 is 10.4 Å².